The normalized spacial score (nSPS) is 15.0. The minimum absolute atomic E-state index is 0.691. The van der Waals surface area contributed by atoms with E-state index in [0.717, 1.165) is 54.9 Å². The molecule has 27 heavy (non-hydrogen) atoms. The highest BCUT2D eigenvalue weighted by molar-refractivity contribution is 6.30. The number of anilines is 3. The van der Waals surface area contributed by atoms with Crippen LogP contribution in [-0.2, 0) is 0 Å². The van der Waals surface area contributed by atoms with Crippen LogP contribution in [-0.4, -0.2) is 48.1 Å². The second-order valence-electron chi connectivity index (χ2n) is 6.73. The van der Waals surface area contributed by atoms with Crippen LogP contribution in [0.2, 0.25) is 5.02 Å². The van der Waals surface area contributed by atoms with Crippen LogP contribution in [0.3, 0.4) is 0 Å². The molecule has 5 nitrogen and oxygen atoms in total. The fourth-order valence-electron chi connectivity index (χ4n) is 3.13. The van der Waals surface area contributed by atoms with E-state index in [0.29, 0.717) is 5.02 Å². The minimum atomic E-state index is 0.691. The number of halogens is 1. The molecule has 0 unspecified atom stereocenters. The smallest absolute Gasteiger partial charge is 0.163 e. The quantitative estimate of drug-likeness (QED) is 0.732. The van der Waals surface area contributed by atoms with Gasteiger partial charge in [0, 0.05) is 48.5 Å². The molecule has 6 heteroatoms. The Kier molecular flexibility index (Phi) is 5.23. The third kappa shape index (κ3) is 4.38. The molecule has 0 atom stereocenters. The summed E-state index contributed by atoms with van der Waals surface area (Å²) in [5.41, 5.74) is 1.91. The van der Waals surface area contributed by atoms with Gasteiger partial charge in [-0.1, -0.05) is 48.0 Å². The number of likely N-dealkylation sites (N-methyl/N-ethyl adjacent to an activating group) is 1. The van der Waals surface area contributed by atoms with Gasteiger partial charge in [-0.05, 0) is 25.2 Å². The molecule has 0 amide bonds. The van der Waals surface area contributed by atoms with Crippen LogP contribution in [0.15, 0.2) is 60.7 Å². The molecule has 2 heterocycles. The molecule has 1 aliphatic heterocycles. The summed E-state index contributed by atoms with van der Waals surface area (Å²) in [6.07, 6.45) is 0. The Morgan fingerprint density at radius 3 is 2.41 bits per heavy atom. The summed E-state index contributed by atoms with van der Waals surface area (Å²) in [4.78, 5) is 14.2. The number of benzene rings is 2. The number of nitrogens with zero attached hydrogens (tertiary/aromatic N) is 4. The molecule has 0 saturated carbocycles. The largest absolute Gasteiger partial charge is 0.354 e. The predicted molar refractivity (Wildman–Crippen MR) is 112 cm³/mol. The van der Waals surface area contributed by atoms with Gasteiger partial charge in [0.25, 0.3) is 0 Å². The second-order valence-corrected chi connectivity index (χ2v) is 7.16. The Hall–Kier alpha value is -2.63. The third-order valence-corrected chi connectivity index (χ3v) is 4.90. The Bertz CT molecular complexity index is 907. The third-order valence-electron chi connectivity index (χ3n) is 4.67. The minimum Gasteiger partial charge on any atom is -0.354 e. The molecule has 0 bridgehead atoms. The van der Waals surface area contributed by atoms with Crippen molar-refractivity contribution in [1.29, 1.82) is 0 Å². The highest BCUT2D eigenvalue weighted by atomic mass is 35.5. The van der Waals surface area contributed by atoms with Crippen molar-refractivity contribution in [2.24, 2.45) is 0 Å². The van der Waals surface area contributed by atoms with Crippen molar-refractivity contribution >= 4 is 28.9 Å². The molecule has 0 aliphatic carbocycles. The van der Waals surface area contributed by atoms with Crippen LogP contribution in [0.4, 0.5) is 17.3 Å². The summed E-state index contributed by atoms with van der Waals surface area (Å²) in [5.74, 6) is 2.43. The van der Waals surface area contributed by atoms with Crippen LogP contribution in [0.5, 0.6) is 0 Å². The summed E-state index contributed by atoms with van der Waals surface area (Å²) >= 11 is 6.12. The molecule has 3 aromatic rings. The van der Waals surface area contributed by atoms with Gasteiger partial charge in [0.1, 0.15) is 11.6 Å². The zero-order valence-electron chi connectivity index (χ0n) is 15.3. The monoisotopic (exact) mass is 379 g/mol. The Morgan fingerprint density at radius 2 is 1.67 bits per heavy atom. The van der Waals surface area contributed by atoms with E-state index in [4.69, 9.17) is 21.6 Å². The zero-order chi connectivity index (χ0) is 18.6. The maximum Gasteiger partial charge on any atom is 0.163 e. The number of aromatic nitrogens is 2. The molecule has 1 fully saturated rings. The first kappa shape index (κ1) is 17.8. The summed E-state index contributed by atoms with van der Waals surface area (Å²) in [7, 11) is 2.15. The van der Waals surface area contributed by atoms with Crippen molar-refractivity contribution in [3.8, 4) is 11.4 Å². The first-order valence-corrected chi connectivity index (χ1v) is 9.46. The Labute approximate surface area is 164 Å². The van der Waals surface area contributed by atoms with Crippen LogP contribution >= 0.6 is 11.6 Å². The topological polar surface area (TPSA) is 44.3 Å². The standard InChI is InChI=1S/C21H22ClN5/c1-26-10-12-27(13-11-26)20-15-19(23-18-9-5-8-17(22)14-18)24-21(25-20)16-6-3-2-4-7-16/h2-9,14-15H,10-13H2,1H3,(H,23,24,25). The van der Waals surface area contributed by atoms with Gasteiger partial charge < -0.3 is 15.1 Å². The fraction of sp³-hybridized carbons (Fsp3) is 0.238. The number of hydrogen-bond donors (Lipinski definition) is 1. The van der Waals surface area contributed by atoms with E-state index >= 15 is 0 Å². The Morgan fingerprint density at radius 1 is 0.889 bits per heavy atom. The van der Waals surface area contributed by atoms with Gasteiger partial charge in [-0.3, -0.25) is 0 Å². The van der Waals surface area contributed by atoms with Crippen LogP contribution in [0.25, 0.3) is 11.4 Å². The van der Waals surface area contributed by atoms with Gasteiger partial charge >= 0.3 is 0 Å². The molecule has 1 N–H and O–H groups in total. The first-order valence-electron chi connectivity index (χ1n) is 9.08. The van der Waals surface area contributed by atoms with Crippen LogP contribution < -0.4 is 10.2 Å². The highest BCUT2D eigenvalue weighted by Crippen LogP contribution is 2.26. The average molecular weight is 380 g/mol. The van der Waals surface area contributed by atoms with Crippen molar-refractivity contribution in [2.75, 3.05) is 43.4 Å². The lowest BCUT2D eigenvalue weighted by atomic mass is 10.2. The van der Waals surface area contributed by atoms with Gasteiger partial charge in [-0.25, -0.2) is 9.97 Å². The molecular weight excluding hydrogens is 358 g/mol. The molecule has 0 radical (unpaired) electrons. The molecule has 0 spiro atoms. The van der Waals surface area contributed by atoms with Gasteiger partial charge in [0.2, 0.25) is 0 Å². The van der Waals surface area contributed by atoms with Gasteiger partial charge in [0.15, 0.2) is 5.82 Å². The number of hydrogen-bond acceptors (Lipinski definition) is 5. The van der Waals surface area contributed by atoms with E-state index in [1.807, 2.05) is 60.7 Å². The van der Waals surface area contributed by atoms with Crippen molar-refractivity contribution in [3.05, 3.63) is 65.7 Å². The van der Waals surface area contributed by atoms with E-state index in [9.17, 15) is 0 Å². The second kappa shape index (κ2) is 7.94. The average Bonchev–Trinajstić information content (AvgIpc) is 2.69. The molecular formula is C21H22ClN5. The molecule has 1 aliphatic rings. The lowest BCUT2D eigenvalue weighted by Gasteiger charge is -2.33. The zero-order valence-corrected chi connectivity index (χ0v) is 16.0. The number of piperazine rings is 1. The molecule has 4 rings (SSSR count). The van der Waals surface area contributed by atoms with E-state index in [2.05, 4.69) is 22.2 Å². The first-order chi connectivity index (χ1) is 13.2. The molecule has 1 saturated heterocycles. The van der Waals surface area contributed by atoms with Gasteiger partial charge in [-0.2, -0.15) is 0 Å². The van der Waals surface area contributed by atoms with Crippen molar-refractivity contribution < 1.29 is 0 Å². The molecule has 138 valence electrons. The van der Waals surface area contributed by atoms with E-state index < -0.39 is 0 Å². The van der Waals surface area contributed by atoms with Crippen molar-refractivity contribution in [3.63, 3.8) is 0 Å². The summed E-state index contributed by atoms with van der Waals surface area (Å²) in [6, 6.07) is 19.7. The highest BCUT2D eigenvalue weighted by Gasteiger charge is 2.17. The predicted octanol–water partition coefficient (Wildman–Crippen LogP) is 4.29. The van der Waals surface area contributed by atoms with Crippen LogP contribution in [0, 0.1) is 0 Å². The molecule has 1 aromatic heterocycles. The summed E-state index contributed by atoms with van der Waals surface area (Å²) < 4.78 is 0. The SMILES string of the molecule is CN1CCN(c2cc(Nc3cccc(Cl)c3)nc(-c3ccccc3)n2)CC1. The van der Waals surface area contributed by atoms with Crippen LogP contribution in [0.1, 0.15) is 0 Å². The maximum absolute atomic E-state index is 6.12. The van der Waals surface area contributed by atoms with E-state index in [1.165, 1.54) is 0 Å². The lowest BCUT2D eigenvalue weighted by Crippen LogP contribution is -2.44. The Balaban J connectivity index is 1.70. The van der Waals surface area contributed by atoms with Crippen molar-refractivity contribution in [1.82, 2.24) is 14.9 Å². The number of rotatable bonds is 4. The van der Waals surface area contributed by atoms with E-state index in [1.54, 1.807) is 0 Å². The van der Waals surface area contributed by atoms with Gasteiger partial charge in [0.05, 0.1) is 0 Å². The number of nitrogens with one attached hydrogen (secondary N) is 1. The maximum atomic E-state index is 6.12. The lowest BCUT2D eigenvalue weighted by molar-refractivity contribution is 0.312. The fourth-order valence-corrected chi connectivity index (χ4v) is 3.32. The summed E-state index contributed by atoms with van der Waals surface area (Å²) in [6.45, 7) is 3.97. The molecule has 2 aromatic carbocycles. The summed E-state index contributed by atoms with van der Waals surface area (Å²) in [5, 5.41) is 4.06. The van der Waals surface area contributed by atoms with Crippen molar-refractivity contribution in [2.45, 2.75) is 0 Å². The van der Waals surface area contributed by atoms with E-state index in [-0.39, 0.29) is 0 Å². The van der Waals surface area contributed by atoms with Gasteiger partial charge in [-0.15, -0.1) is 0 Å².